The van der Waals surface area contributed by atoms with E-state index in [1.807, 2.05) is 6.07 Å². The zero-order valence-electron chi connectivity index (χ0n) is 12.6. The Morgan fingerprint density at radius 1 is 1.22 bits per heavy atom. The second-order valence-electron chi connectivity index (χ2n) is 5.65. The Morgan fingerprint density at radius 3 is 2.74 bits per heavy atom. The lowest BCUT2D eigenvalue weighted by molar-refractivity contribution is 0.312. The second kappa shape index (κ2) is 5.14. The van der Waals surface area contributed by atoms with Crippen LogP contribution in [0.5, 0.6) is 0 Å². The lowest BCUT2D eigenvalue weighted by atomic mass is 10.2. The average Bonchev–Trinajstić information content (AvgIpc) is 3.04. The summed E-state index contributed by atoms with van der Waals surface area (Å²) in [5, 5.41) is 13.2. The number of fused-ring (bicyclic) bond motifs is 3. The molecule has 0 amide bonds. The van der Waals surface area contributed by atoms with Gasteiger partial charge >= 0.3 is 0 Å². The van der Waals surface area contributed by atoms with Gasteiger partial charge in [0.1, 0.15) is 18.2 Å². The molecule has 0 spiro atoms. The topological polar surface area (TPSA) is 73.3 Å². The number of anilines is 1. The number of benzene rings is 1. The van der Waals surface area contributed by atoms with E-state index in [9.17, 15) is 4.39 Å². The molecule has 1 aliphatic heterocycles. The van der Waals surface area contributed by atoms with E-state index in [2.05, 4.69) is 31.9 Å². The van der Waals surface area contributed by atoms with Gasteiger partial charge in [-0.05, 0) is 13.1 Å². The maximum atomic E-state index is 13.9. The van der Waals surface area contributed by atoms with Crippen molar-refractivity contribution in [2.24, 2.45) is 0 Å². The fraction of sp³-hybridized carbons (Fsp3) is 0.333. The van der Waals surface area contributed by atoms with Gasteiger partial charge in [0.15, 0.2) is 11.5 Å². The Morgan fingerprint density at radius 2 is 2.00 bits per heavy atom. The van der Waals surface area contributed by atoms with E-state index in [-0.39, 0.29) is 5.56 Å². The molecule has 1 fully saturated rings. The first-order valence-electron chi connectivity index (χ1n) is 7.34. The van der Waals surface area contributed by atoms with Crippen molar-refractivity contribution in [2.75, 3.05) is 38.1 Å². The fourth-order valence-corrected chi connectivity index (χ4v) is 2.86. The van der Waals surface area contributed by atoms with Crippen LogP contribution in [0.25, 0.3) is 16.7 Å². The molecular weight excluding hydrogens is 297 g/mol. The third-order valence-electron chi connectivity index (χ3n) is 4.19. The van der Waals surface area contributed by atoms with Crippen molar-refractivity contribution >= 4 is 22.5 Å². The third-order valence-corrected chi connectivity index (χ3v) is 4.19. The molecule has 1 aliphatic rings. The Hall–Kier alpha value is -2.79. The summed E-state index contributed by atoms with van der Waals surface area (Å²) in [5.41, 5.74) is 1.64. The normalized spacial score (nSPS) is 16.1. The molecule has 0 bridgehead atoms. The summed E-state index contributed by atoms with van der Waals surface area (Å²) in [6.45, 7) is 3.52. The zero-order chi connectivity index (χ0) is 16.0. The van der Waals surface area contributed by atoms with Gasteiger partial charge in [0, 0.05) is 32.2 Å². The highest BCUT2D eigenvalue weighted by molar-refractivity contribution is 5.83. The number of likely N-dealkylation sites (N-methyl/N-ethyl adjacent to an activating group) is 1. The smallest absolute Gasteiger partial charge is 0.199 e. The Kier molecular flexibility index (Phi) is 3.09. The first-order valence-corrected chi connectivity index (χ1v) is 7.34. The van der Waals surface area contributed by atoms with Crippen LogP contribution in [0.2, 0.25) is 0 Å². The van der Waals surface area contributed by atoms with E-state index in [0.29, 0.717) is 22.5 Å². The van der Waals surface area contributed by atoms with Gasteiger partial charge < -0.3 is 9.80 Å². The van der Waals surface area contributed by atoms with Crippen molar-refractivity contribution in [3.05, 3.63) is 29.8 Å². The summed E-state index contributed by atoms with van der Waals surface area (Å²) in [4.78, 5) is 13.3. The van der Waals surface area contributed by atoms with Crippen LogP contribution in [0.3, 0.4) is 0 Å². The van der Waals surface area contributed by atoms with E-state index < -0.39 is 5.82 Å². The van der Waals surface area contributed by atoms with Crippen LogP contribution in [-0.2, 0) is 0 Å². The van der Waals surface area contributed by atoms with Crippen LogP contribution in [0.4, 0.5) is 10.2 Å². The van der Waals surface area contributed by atoms with Crippen LogP contribution in [0.15, 0.2) is 18.5 Å². The quantitative estimate of drug-likeness (QED) is 0.668. The first-order chi connectivity index (χ1) is 11.2. The Balaban J connectivity index is 1.94. The van der Waals surface area contributed by atoms with Crippen molar-refractivity contribution in [2.45, 2.75) is 0 Å². The predicted octanol–water partition coefficient (Wildman–Crippen LogP) is 1.04. The van der Waals surface area contributed by atoms with Crippen molar-refractivity contribution in [1.29, 1.82) is 5.26 Å². The van der Waals surface area contributed by atoms with Crippen LogP contribution in [-0.4, -0.2) is 57.7 Å². The van der Waals surface area contributed by atoms with Crippen molar-refractivity contribution in [1.82, 2.24) is 24.5 Å². The molecule has 0 aliphatic carbocycles. The summed E-state index contributed by atoms with van der Waals surface area (Å²) in [5.74, 6) is 0.128. The minimum atomic E-state index is -0.573. The van der Waals surface area contributed by atoms with Gasteiger partial charge in [-0.1, -0.05) is 0 Å². The van der Waals surface area contributed by atoms with Crippen LogP contribution in [0, 0.1) is 17.1 Å². The monoisotopic (exact) mass is 311 g/mol. The molecular formula is C15H14FN7. The lowest BCUT2D eigenvalue weighted by Gasteiger charge is -2.33. The van der Waals surface area contributed by atoms with E-state index >= 15 is 0 Å². The number of aromatic nitrogens is 4. The van der Waals surface area contributed by atoms with Crippen LogP contribution in [0.1, 0.15) is 5.56 Å². The average molecular weight is 311 g/mol. The SMILES string of the molecule is CN1CCN(c2nc3cc(F)c(C#N)cc3n3ncnc23)CC1. The molecule has 3 heterocycles. The molecule has 8 heteroatoms. The molecule has 0 N–H and O–H groups in total. The van der Waals surface area contributed by atoms with Gasteiger partial charge in [0.25, 0.3) is 0 Å². The third kappa shape index (κ3) is 2.17. The maximum Gasteiger partial charge on any atom is 0.199 e. The molecule has 23 heavy (non-hydrogen) atoms. The summed E-state index contributed by atoms with van der Waals surface area (Å²) in [6.07, 6.45) is 1.45. The van der Waals surface area contributed by atoms with Crippen molar-refractivity contribution in [3.8, 4) is 6.07 Å². The summed E-state index contributed by atoms with van der Waals surface area (Å²) in [7, 11) is 2.08. The molecule has 0 saturated carbocycles. The lowest BCUT2D eigenvalue weighted by Crippen LogP contribution is -2.45. The van der Waals surface area contributed by atoms with Gasteiger partial charge in [-0.3, -0.25) is 0 Å². The number of hydrogen-bond acceptors (Lipinski definition) is 6. The van der Waals surface area contributed by atoms with Crippen LogP contribution < -0.4 is 4.90 Å². The highest BCUT2D eigenvalue weighted by atomic mass is 19.1. The Labute approximate surface area is 131 Å². The molecule has 3 aromatic rings. The molecule has 1 aromatic carbocycles. The number of piperazine rings is 1. The van der Waals surface area contributed by atoms with Gasteiger partial charge in [0.2, 0.25) is 0 Å². The molecule has 2 aromatic heterocycles. The van der Waals surface area contributed by atoms with E-state index in [1.165, 1.54) is 18.5 Å². The fourth-order valence-electron chi connectivity index (χ4n) is 2.86. The van der Waals surface area contributed by atoms with Crippen molar-refractivity contribution in [3.63, 3.8) is 0 Å². The number of nitriles is 1. The molecule has 4 rings (SSSR count). The largest absolute Gasteiger partial charge is 0.351 e. The molecule has 0 unspecified atom stereocenters. The molecule has 0 radical (unpaired) electrons. The first kappa shape index (κ1) is 13.8. The molecule has 0 atom stereocenters. The van der Waals surface area contributed by atoms with Gasteiger partial charge in [-0.25, -0.2) is 18.9 Å². The summed E-state index contributed by atoms with van der Waals surface area (Å²) >= 11 is 0. The zero-order valence-corrected chi connectivity index (χ0v) is 12.6. The minimum absolute atomic E-state index is 0.0246. The minimum Gasteiger partial charge on any atom is -0.351 e. The standard InChI is InChI=1S/C15H14FN7/c1-21-2-4-22(5-3-21)15-14-18-9-19-23(14)13-6-10(8-17)11(16)7-12(13)20-15/h6-7,9H,2-5H2,1H3. The van der Waals surface area contributed by atoms with Crippen molar-refractivity contribution < 1.29 is 4.39 Å². The van der Waals surface area contributed by atoms with E-state index in [1.54, 1.807) is 4.52 Å². The summed E-state index contributed by atoms with van der Waals surface area (Å²) in [6, 6.07) is 4.60. The number of nitrogens with zero attached hydrogens (tertiary/aromatic N) is 7. The maximum absolute atomic E-state index is 13.9. The summed E-state index contributed by atoms with van der Waals surface area (Å²) < 4.78 is 15.6. The van der Waals surface area contributed by atoms with Crippen LogP contribution >= 0.6 is 0 Å². The highest BCUT2D eigenvalue weighted by Gasteiger charge is 2.21. The molecule has 116 valence electrons. The number of halogens is 1. The second-order valence-corrected chi connectivity index (χ2v) is 5.65. The molecule has 1 saturated heterocycles. The molecule has 7 nitrogen and oxygen atoms in total. The van der Waals surface area contributed by atoms with Gasteiger partial charge in [-0.2, -0.15) is 10.4 Å². The number of rotatable bonds is 1. The predicted molar refractivity (Wildman–Crippen MR) is 82.7 cm³/mol. The van der Waals surface area contributed by atoms with Gasteiger partial charge in [-0.15, -0.1) is 0 Å². The van der Waals surface area contributed by atoms with E-state index in [0.717, 1.165) is 26.2 Å². The Bertz CT molecular complexity index is 934. The highest BCUT2D eigenvalue weighted by Crippen LogP contribution is 2.25. The van der Waals surface area contributed by atoms with E-state index in [4.69, 9.17) is 5.26 Å². The van der Waals surface area contributed by atoms with Gasteiger partial charge in [0.05, 0.1) is 16.6 Å². The number of hydrogen-bond donors (Lipinski definition) is 0.